The fraction of sp³-hybridized carbons (Fsp3) is 0.667. The van der Waals surface area contributed by atoms with Crippen molar-refractivity contribution < 1.29 is 28.3 Å². The maximum atomic E-state index is 11.9. The average molecular weight is 215 g/mol. The Balaban J connectivity index is 5.51. The van der Waals surface area contributed by atoms with Gasteiger partial charge < -0.3 is 4.74 Å². The third-order valence-corrected chi connectivity index (χ3v) is 1.20. The molecule has 11 heteroatoms. The van der Waals surface area contributed by atoms with Gasteiger partial charge in [0.1, 0.15) is 9.85 Å². The molecular formula is C3H3F2N3O6. The highest BCUT2D eigenvalue weighted by Crippen LogP contribution is 2.20. The van der Waals surface area contributed by atoms with E-state index >= 15 is 0 Å². The first-order valence-corrected chi connectivity index (χ1v) is 2.81. The van der Waals surface area contributed by atoms with E-state index in [0.717, 1.165) is 0 Å². The molecule has 9 nitrogen and oxygen atoms in total. The lowest BCUT2D eigenvalue weighted by Gasteiger charge is -2.12. The quantitative estimate of drug-likeness (QED) is 0.203. The van der Waals surface area contributed by atoms with Crippen LogP contribution in [0.1, 0.15) is 0 Å². The number of hydrogen-bond donors (Lipinski definition) is 0. The third-order valence-electron chi connectivity index (χ3n) is 1.20. The van der Waals surface area contributed by atoms with Crippen LogP contribution in [0.15, 0.2) is 0 Å². The largest absolute Gasteiger partial charge is 0.673 e. The summed E-state index contributed by atoms with van der Waals surface area (Å²) in [5, 5.41) is 17.7. The number of carbonyl (C=O) groups is 1. The highest BCUT2D eigenvalue weighted by molar-refractivity contribution is 5.76. The highest BCUT2D eigenvalue weighted by Gasteiger charge is 2.75. The number of ether oxygens (including phenoxy) is 1. The number of esters is 1. The Morgan fingerprint density at radius 3 is 1.79 bits per heavy atom. The van der Waals surface area contributed by atoms with Crippen molar-refractivity contribution in [3.8, 4) is 0 Å². The molecule has 0 aromatic rings. The zero-order chi connectivity index (χ0) is 11.5. The van der Waals surface area contributed by atoms with E-state index in [1.807, 2.05) is 0 Å². The van der Waals surface area contributed by atoms with Crippen LogP contribution in [0.5, 0.6) is 0 Å². The van der Waals surface area contributed by atoms with Crippen LogP contribution in [0.3, 0.4) is 0 Å². The maximum absolute atomic E-state index is 11.9. The molecule has 0 atom stereocenters. The zero-order valence-electron chi connectivity index (χ0n) is 6.55. The molecule has 0 aliphatic rings. The van der Waals surface area contributed by atoms with Gasteiger partial charge in [0, 0.05) is 0 Å². The number of carbonyl (C=O) groups excluding carboxylic acids is 1. The van der Waals surface area contributed by atoms with Gasteiger partial charge in [0.15, 0.2) is 5.34 Å². The van der Waals surface area contributed by atoms with E-state index < -0.39 is 26.9 Å². The first-order chi connectivity index (χ1) is 6.31. The van der Waals surface area contributed by atoms with Gasteiger partial charge in [-0.05, 0) is 0 Å². The van der Waals surface area contributed by atoms with Crippen molar-refractivity contribution in [2.24, 2.45) is 0 Å². The number of nitro groups is 2. The number of rotatable bonds is 4. The molecule has 0 aliphatic carbocycles. The molecule has 0 aliphatic heterocycles. The lowest BCUT2D eigenvalue weighted by molar-refractivity contribution is -0.828. The summed E-state index contributed by atoms with van der Waals surface area (Å²) in [7, 11) is 0.508. The minimum Gasteiger partial charge on any atom is -0.457 e. The van der Waals surface area contributed by atoms with Crippen molar-refractivity contribution >= 4 is 5.97 Å². The van der Waals surface area contributed by atoms with Gasteiger partial charge >= 0.3 is 11.8 Å². The van der Waals surface area contributed by atoms with Crippen LogP contribution in [0, 0.1) is 20.2 Å². The first-order valence-electron chi connectivity index (χ1n) is 2.81. The molecule has 0 saturated heterocycles. The summed E-state index contributed by atoms with van der Waals surface area (Å²) in [6, 6.07) is 0. The normalized spacial score (nSPS) is 11.1. The minimum atomic E-state index is -4.41. The van der Waals surface area contributed by atoms with E-state index in [-0.39, 0.29) is 0 Å². The lowest BCUT2D eigenvalue weighted by atomic mass is 10.4. The summed E-state index contributed by atoms with van der Waals surface area (Å²) < 4.78 is 27.4. The van der Waals surface area contributed by atoms with E-state index in [0.29, 0.717) is 7.11 Å². The smallest absolute Gasteiger partial charge is 0.457 e. The minimum absolute atomic E-state index is 0.508. The molecule has 0 saturated carbocycles. The van der Waals surface area contributed by atoms with Gasteiger partial charge in [-0.25, -0.2) is 4.79 Å². The Labute approximate surface area is 74.0 Å². The summed E-state index contributed by atoms with van der Waals surface area (Å²) in [6.45, 7) is 0. The Bertz CT molecular complexity index is 265. The van der Waals surface area contributed by atoms with Crippen molar-refractivity contribution in [3.63, 3.8) is 0 Å². The third kappa shape index (κ3) is 1.44. The average Bonchev–Trinajstić information content (AvgIpc) is 2.02. The molecule has 0 spiro atoms. The van der Waals surface area contributed by atoms with Crippen LogP contribution in [0.4, 0.5) is 8.96 Å². The van der Waals surface area contributed by atoms with Gasteiger partial charge in [0.25, 0.3) is 0 Å². The predicted molar refractivity (Wildman–Crippen MR) is 32.8 cm³/mol. The fourth-order valence-corrected chi connectivity index (χ4v) is 0.545. The summed E-state index contributed by atoms with van der Waals surface area (Å²) in [5.41, 5.74) is 0. The van der Waals surface area contributed by atoms with Gasteiger partial charge in [-0.2, -0.15) is 0 Å². The van der Waals surface area contributed by atoms with E-state index in [2.05, 4.69) is 4.74 Å². The van der Waals surface area contributed by atoms with Crippen LogP contribution in [-0.4, -0.2) is 34.1 Å². The number of halogens is 2. The summed E-state index contributed by atoms with van der Waals surface area (Å²) >= 11 is 0. The summed E-state index contributed by atoms with van der Waals surface area (Å²) in [5.74, 6) is -6.70. The Morgan fingerprint density at radius 1 is 1.36 bits per heavy atom. The monoisotopic (exact) mass is 215 g/mol. The molecule has 0 fully saturated rings. The topological polar surface area (TPSA) is 116 Å². The first kappa shape index (κ1) is 12.1. The molecule has 0 aromatic carbocycles. The Morgan fingerprint density at radius 2 is 1.71 bits per heavy atom. The van der Waals surface area contributed by atoms with Gasteiger partial charge in [0.2, 0.25) is 0 Å². The standard InChI is InChI=1S/C3H3F2N3O6/c1-14-2(9)3(6(4)5,7(10)11)8(12)13/h1H3. The second-order valence-corrected chi connectivity index (χ2v) is 1.87. The zero-order valence-corrected chi connectivity index (χ0v) is 6.55. The SMILES string of the molecule is COC(=O)C(N(F)F)([N+](=O)[O-])[N+](=O)[O-]. The van der Waals surface area contributed by atoms with Gasteiger partial charge in [-0.1, -0.05) is 8.96 Å². The van der Waals surface area contributed by atoms with Crippen molar-refractivity contribution in [3.05, 3.63) is 20.2 Å². The molecule has 0 aromatic heterocycles. The van der Waals surface area contributed by atoms with Gasteiger partial charge in [0.05, 0.1) is 7.11 Å². The molecule has 0 heterocycles. The van der Waals surface area contributed by atoms with Crippen LogP contribution in [0.2, 0.25) is 0 Å². The van der Waals surface area contributed by atoms with Crippen molar-refractivity contribution in [2.75, 3.05) is 7.11 Å². The van der Waals surface area contributed by atoms with Crippen molar-refractivity contribution in [1.82, 2.24) is 5.34 Å². The van der Waals surface area contributed by atoms with E-state index in [1.54, 1.807) is 0 Å². The number of hydrogen-bond acceptors (Lipinski definition) is 7. The Hall–Kier alpha value is -1.91. The molecule has 0 amide bonds. The van der Waals surface area contributed by atoms with Crippen molar-refractivity contribution in [2.45, 2.75) is 5.79 Å². The van der Waals surface area contributed by atoms with Gasteiger partial charge in [-0.15, -0.1) is 0 Å². The van der Waals surface area contributed by atoms with Crippen LogP contribution >= 0.6 is 0 Å². The molecule has 0 N–H and O–H groups in total. The lowest BCUT2D eigenvalue weighted by Crippen LogP contribution is -2.60. The van der Waals surface area contributed by atoms with Crippen LogP contribution < -0.4 is 0 Å². The molecule has 0 bridgehead atoms. The fourth-order valence-electron chi connectivity index (χ4n) is 0.545. The van der Waals surface area contributed by atoms with E-state index in [1.165, 1.54) is 0 Å². The highest BCUT2D eigenvalue weighted by atomic mass is 19.4. The number of nitrogens with zero attached hydrogens (tertiary/aromatic N) is 3. The number of methoxy groups -OCH3 is 1. The van der Waals surface area contributed by atoms with E-state index in [9.17, 15) is 34.0 Å². The Kier molecular flexibility index (Phi) is 3.34. The second-order valence-electron chi connectivity index (χ2n) is 1.87. The predicted octanol–water partition coefficient (Wildman–Crippen LogP) is -0.562. The molecule has 80 valence electrons. The molecule has 0 unspecified atom stereocenters. The molecule has 14 heavy (non-hydrogen) atoms. The van der Waals surface area contributed by atoms with Crippen LogP contribution in [0.25, 0.3) is 0 Å². The molecule has 0 rings (SSSR count). The van der Waals surface area contributed by atoms with Crippen molar-refractivity contribution in [1.29, 1.82) is 0 Å². The molecular weight excluding hydrogens is 212 g/mol. The summed E-state index contributed by atoms with van der Waals surface area (Å²) in [6.07, 6.45) is 0. The summed E-state index contributed by atoms with van der Waals surface area (Å²) in [4.78, 5) is 26.5. The second kappa shape index (κ2) is 3.87. The molecule has 0 radical (unpaired) electrons. The van der Waals surface area contributed by atoms with Crippen LogP contribution in [-0.2, 0) is 9.53 Å². The van der Waals surface area contributed by atoms with Gasteiger partial charge in [-0.3, -0.25) is 20.2 Å². The van der Waals surface area contributed by atoms with E-state index in [4.69, 9.17) is 0 Å². The maximum Gasteiger partial charge on any atom is 0.673 e.